The molecule has 1 heterocycles. The van der Waals surface area contributed by atoms with Crippen molar-refractivity contribution in [3.63, 3.8) is 0 Å². The highest BCUT2D eigenvalue weighted by Gasteiger charge is 2.05. The summed E-state index contributed by atoms with van der Waals surface area (Å²) in [6.07, 6.45) is 2.61. The summed E-state index contributed by atoms with van der Waals surface area (Å²) in [5, 5.41) is 0. The van der Waals surface area contributed by atoms with E-state index in [1.54, 1.807) is 6.07 Å². The second kappa shape index (κ2) is 4.95. The molecule has 1 rings (SSSR count). The molecule has 5 heteroatoms. The smallest absolute Gasteiger partial charge is 0.311 e. The van der Waals surface area contributed by atoms with Crippen molar-refractivity contribution in [2.45, 2.75) is 19.8 Å². The number of carbonyl (C=O) groups is 1. The minimum absolute atomic E-state index is 0.268. The van der Waals surface area contributed by atoms with Crippen LogP contribution in [0.5, 0.6) is 5.75 Å². The number of nitrogen functional groups attached to an aromatic ring is 1. The van der Waals surface area contributed by atoms with Crippen LogP contribution in [-0.2, 0) is 4.79 Å². The molecule has 0 spiro atoms. The highest BCUT2D eigenvalue weighted by Crippen LogP contribution is 2.21. The van der Waals surface area contributed by atoms with E-state index in [1.165, 1.54) is 6.20 Å². The van der Waals surface area contributed by atoms with E-state index in [1.807, 2.05) is 6.92 Å². The second-order valence-electron chi connectivity index (χ2n) is 2.78. The van der Waals surface area contributed by atoms with E-state index in [-0.39, 0.29) is 5.97 Å². The Bertz CT molecular complexity index is 342. The van der Waals surface area contributed by atoms with Crippen LogP contribution >= 0.6 is 15.9 Å². The van der Waals surface area contributed by atoms with Crippen molar-refractivity contribution in [3.05, 3.63) is 16.9 Å². The Morgan fingerprint density at radius 3 is 3.00 bits per heavy atom. The van der Waals surface area contributed by atoms with Gasteiger partial charge in [0.05, 0.1) is 11.9 Å². The van der Waals surface area contributed by atoms with E-state index in [0.717, 1.165) is 6.42 Å². The first-order chi connectivity index (χ1) is 6.63. The summed E-state index contributed by atoms with van der Waals surface area (Å²) in [4.78, 5) is 15.0. The molecule has 4 nitrogen and oxygen atoms in total. The lowest BCUT2D eigenvalue weighted by atomic mass is 10.3. The first-order valence-corrected chi connectivity index (χ1v) is 5.04. The molecule has 1 aromatic rings. The molecule has 0 unspecified atom stereocenters. The summed E-state index contributed by atoms with van der Waals surface area (Å²) in [6, 6.07) is 1.56. The fraction of sp³-hybridized carbons (Fsp3) is 0.333. The van der Waals surface area contributed by atoms with Gasteiger partial charge in [-0.2, -0.15) is 0 Å². The fourth-order valence-corrected chi connectivity index (χ4v) is 1.10. The van der Waals surface area contributed by atoms with E-state index in [9.17, 15) is 4.79 Å². The molecule has 0 radical (unpaired) electrons. The topological polar surface area (TPSA) is 65.2 Å². The van der Waals surface area contributed by atoms with Crippen molar-refractivity contribution >= 4 is 27.6 Å². The zero-order chi connectivity index (χ0) is 10.6. The number of nitrogens with two attached hydrogens (primary N) is 1. The van der Waals surface area contributed by atoms with Crippen LogP contribution in [0.15, 0.2) is 16.9 Å². The molecule has 0 bridgehead atoms. The summed E-state index contributed by atoms with van der Waals surface area (Å²) in [6.45, 7) is 1.91. The number of hydrogen-bond donors (Lipinski definition) is 1. The highest BCUT2D eigenvalue weighted by atomic mass is 79.9. The lowest BCUT2D eigenvalue weighted by Gasteiger charge is -2.04. The fourth-order valence-electron chi connectivity index (χ4n) is 0.887. The van der Waals surface area contributed by atoms with Gasteiger partial charge in [0.2, 0.25) is 0 Å². The molecule has 0 fully saturated rings. The van der Waals surface area contributed by atoms with Gasteiger partial charge in [-0.1, -0.05) is 6.92 Å². The molecule has 0 saturated carbocycles. The van der Waals surface area contributed by atoms with Crippen molar-refractivity contribution in [2.24, 2.45) is 0 Å². The van der Waals surface area contributed by atoms with Crippen molar-refractivity contribution in [3.8, 4) is 5.75 Å². The number of esters is 1. The first-order valence-electron chi connectivity index (χ1n) is 4.25. The van der Waals surface area contributed by atoms with E-state index >= 15 is 0 Å². The third-order valence-electron chi connectivity index (χ3n) is 1.53. The molecule has 14 heavy (non-hydrogen) atoms. The summed E-state index contributed by atoms with van der Waals surface area (Å²) >= 11 is 3.15. The van der Waals surface area contributed by atoms with Gasteiger partial charge >= 0.3 is 5.97 Å². The van der Waals surface area contributed by atoms with Crippen LogP contribution in [-0.4, -0.2) is 11.0 Å². The number of carbonyl (C=O) groups excluding carboxylic acids is 1. The van der Waals surface area contributed by atoms with E-state index in [0.29, 0.717) is 22.5 Å². The van der Waals surface area contributed by atoms with Crippen LogP contribution in [0.3, 0.4) is 0 Å². The minimum atomic E-state index is -0.268. The van der Waals surface area contributed by atoms with Gasteiger partial charge in [-0.05, 0) is 22.4 Å². The summed E-state index contributed by atoms with van der Waals surface area (Å²) in [7, 11) is 0. The number of hydrogen-bond acceptors (Lipinski definition) is 4. The van der Waals surface area contributed by atoms with Gasteiger partial charge in [-0.3, -0.25) is 4.79 Å². The average molecular weight is 259 g/mol. The van der Waals surface area contributed by atoms with Gasteiger partial charge in [0.25, 0.3) is 0 Å². The van der Waals surface area contributed by atoms with Crippen molar-refractivity contribution in [1.29, 1.82) is 0 Å². The Morgan fingerprint density at radius 2 is 2.43 bits per heavy atom. The van der Waals surface area contributed by atoms with Crippen molar-refractivity contribution in [1.82, 2.24) is 4.98 Å². The predicted octanol–water partition coefficient (Wildman–Crippen LogP) is 2.13. The van der Waals surface area contributed by atoms with Crippen molar-refractivity contribution in [2.75, 3.05) is 5.73 Å². The molecular formula is C9H11BrN2O2. The molecule has 76 valence electrons. The Morgan fingerprint density at radius 1 is 1.71 bits per heavy atom. The van der Waals surface area contributed by atoms with Crippen LogP contribution in [0, 0.1) is 0 Å². The predicted molar refractivity (Wildman–Crippen MR) is 56.9 cm³/mol. The van der Waals surface area contributed by atoms with Gasteiger partial charge in [-0.25, -0.2) is 4.98 Å². The third-order valence-corrected chi connectivity index (χ3v) is 2.19. The second-order valence-corrected chi connectivity index (χ2v) is 3.53. The number of aromatic nitrogens is 1. The van der Waals surface area contributed by atoms with E-state index < -0.39 is 0 Å². The average Bonchev–Trinajstić information content (AvgIpc) is 2.12. The largest absolute Gasteiger partial charge is 0.425 e. The lowest BCUT2D eigenvalue weighted by Crippen LogP contribution is -2.07. The van der Waals surface area contributed by atoms with Crippen molar-refractivity contribution < 1.29 is 9.53 Å². The summed E-state index contributed by atoms with van der Waals surface area (Å²) < 4.78 is 5.54. The molecule has 0 aliphatic rings. The normalized spacial score (nSPS) is 9.86. The van der Waals surface area contributed by atoms with Gasteiger partial charge in [0.1, 0.15) is 4.60 Å². The Kier molecular flexibility index (Phi) is 3.88. The van der Waals surface area contributed by atoms with Gasteiger partial charge in [-0.15, -0.1) is 0 Å². The quantitative estimate of drug-likeness (QED) is 0.667. The Hall–Kier alpha value is -1.10. The zero-order valence-electron chi connectivity index (χ0n) is 7.79. The maximum atomic E-state index is 11.1. The monoisotopic (exact) mass is 258 g/mol. The van der Waals surface area contributed by atoms with E-state index in [2.05, 4.69) is 20.9 Å². The lowest BCUT2D eigenvalue weighted by molar-refractivity contribution is -0.134. The number of nitrogens with zero attached hydrogens (tertiary/aromatic N) is 1. The minimum Gasteiger partial charge on any atom is -0.425 e. The number of rotatable bonds is 3. The van der Waals surface area contributed by atoms with Crippen LogP contribution in [0.4, 0.5) is 5.69 Å². The molecule has 0 aliphatic heterocycles. The molecule has 0 saturated heterocycles. The maximum Gasteiger partial charge on any atom is 0.311 e. The van der Waals surface area contributed by atoms with Crippen LogP contribution < -0.4 is 10.5 Å². The molecule has 2 N–H and O–H groups in total. The summed E-state index contributed by atoms with van der Waals surface area (Å²) in [5.41, 5.74) is 6.02. The molecule has 0 aromatic carbocycles. The number of halogens is 1. The van der Waals surface area contributed by atoms with E-state index in [4.69, 9.17) is 10.5 Å². The van der Waals surface area contributed by atoms with Crippen LogP contribution in [0.25, 0.3) is 0 Å². The summed E-state index contributed by atoms with van der Waals surface area (Å²) in [5.74, 6) is 0.111. The SMILES string of the molecule is CCCC(=O)Oc1cnc(Br)c(N)c1. The molecular weight excluding hydrogens is 248 g/mol. The molecule has 1 aromatic heterocycles. The highest BCUT2D eigenvalue weighted by molar-refractivity contribution is 9.10. The zero-order valence-corrected chi connectivity index (χ0v) is 9.37. The third kappa shape index (κ3) is 2.99. The van der Waals surface area contributed by atoms with Gasteiger partial charge in [0.15, 0.2) is 5.75 Å². The number of pyridine rings is 1. The maximum absolute atomic E-state index is 11.1. The van der Waals surface area contributed by atoms with Gasteiger partial charge < -0.3 is 10.5 Å². The molecule has 0 atom stereocenters. The van der Waals surface area contributed by atoms with Crippen LogP contribution in [0.1, 0.15) is 19.8 Å². The van der Waals surface area contributed by atoms with Gasteiger partial charge in [0, 0.05) is 12.5 Å². The number of anilines is 1. The van der Waals surface area contributed by atoms with Crippen LogP contribution in [0.2, 0.25) is 0 Å². The Labute approximate surface area is 90.6 Å². The molecule has 0 amide bonds. The Balaban J connectivity index is 2.68. The first kappa shape index (κ1) is 11.0. The standard InChI is InChI=1S/C9H11BrN2O2/c1-2-3-8(13)14-6-4-7(11)9(10)12-5-6/h4-5H,2-3,11H2,1H3. The molecule has 0 aliphatic carbocycles. The number of ether oxygens (including phenoxy) is 1.